The van der Waals surface area contributed by atoms with Gasteiger partial charge in [-0.1, -0.05) is 18.2 Å². The summed E-state index contributed by atoms with van der Waals surface area (Å²) in [5, 5.41) is 5.06. The molecule has 0 saturated carbocycles. The quantitative estimate of drug-likeness (QED) is 0.636. The van der Waals surface area contributed by atoms with Gasteiger partial charge < -0.3 is 29.6 Å². The SMILES string of the molecule is COc1ccccc1C(=O)NCC(=O)OCC(=O)NCc1ccc2c(c1)OCO2. The van der Waals surface area contributed by atoms with Crippen LogP contribution in [0.2, 0.25) is 0 Å². The molecule has 3 rings (SSSR count). The molecule has 9 heteroatoms. The zero-order valence-electron chi connectivity index (χ0n) is 15.7. The third-order valence-electron chi connectivity index (χ3n) is 4.04. The number of fused-ring (bicyclic) bond motifs is 1. The molecule has 1 heterocycles. The summed E-state index contributed by atoms with van der Waals surface area (Å²) in [4.78, 5) is 35.7. The number of esters is 1. The van der Waals surface area contributed by atoms with Crippen LogP contribution in [0.15, 0.2) is 42.5 Å². The first kappa shape index (κ1) is 20.0. The highest BCUT2D eigenvalue weighted by atomic mass is 16.7. The Bertz CT molecular complexity index is 913. The van der Waals surface area contributed by atoms with Crippen LogP contribution in [0.3, 0.4) is 0 Å². The maximum Gasteiger partial charge on any atom is 0.325 e. The smallest absolute Gasteiger partial charge is 0.325 e. The minimum absolute atomic E-state index is 0.175. The zero-order chi connectivity index (χ0) is 20.6. The predicted octanol–water partition coefficient (Wildman–Crippen LogP) is 1.01. The van der Waals surface area contributed by atoms with Gasteiger partial charge in [0.1, 0.15) is 12.3 Å². The van der Waals surface area contributed by atoms with Crippen LogP contribution in [0.5, 0.6) is 17.2 Å². The highest BCUT2D eigenvalue weighted by Gasteiger charge is 2.15. The van der Waals surface area contributed by atoms with E-state index in [9.17, 15) is 14.4 Å². The van der Waals surface area contributed by atoms with Crippen molar-refractivity contribution in [3.05, 3.63) is 53.6 Å². The van der Waals surface area contributed by atoms with E-state index >= 15 is 0 Å². The average molecular weight is 400 g/mol. The number of carbonyl (C=O) groups excluding carboxylic acids is 3. The second-order valence-electron chi connectivity index (χ2n) is 6.01. The number of carbonyl (C=O) groups is 3. The molecule has 0 unspecified atom stereocenters. The van der Waals surface area contributed by atoms with E-state index in [0.717, 1.165) is 5.56 Å². The summed E-state index contributed by atoms with van der Waals surface area (Å²) < 4.78 is 20.5. The van der Waals surface area contributed by atoms with Crippen molar-refractivity contribution in [3.63, 3.8) is 0 Å². The molecule has 29 heavy (non-hydrogen) atoms. The van der Waals surface area contributed by atoms with Crippen molar-refractivity contribution in [3.8, 4) is 17.2 Å². The van der Waals surface area contributed by atoms with Gasteiger partial charge in [0.25, 0.3) is 11.8 Å². The molecule has 9 nitrogen and oxygen atoms in total. The number of nitrogens with one attached hydrogen (secondary N) is 2. The number of ether oxygens (including phenoxy) is 4. The maximum atomic E-state index is 12.1. The molecule has 0 fully saturated rings. The van der Waals surface area contributed by atoms with Crippen LogP contribution in [-0.4, -0.2) is 44.8 Å². The number of amides is 2. The molecule has 0 saturated heterocycles. The third-order valence-corrected chi connectivity index (χ3v) is 4.04. The molecule has 2 N–H and O–H groups in total. The Morgan fingerprint density at radius 2 is 1.83 bits per heavy atom. The number of methoxy groups -OCH3 is 1. The van der Waals surface area contributed by atoms with Gasteiger partial charge in [-0.3, -0.25) is 14.4 Å². The van der Waals surface area contributed by atoms with Gasteiger partial charge in [0, 0.05) is 6.54 Å². The first-order chi connectivity index (χ1) is 14.1. The number of hydrogen-bond donors (Lipinski definition) is 2. The first-order valence-corrected chi connectivity index (χ1v) is 8.79. The van der Waals surface area contributed by atoms with E-state index < -0.39 is 24.4 Å². The largest absolute Gasteiger partial charge is 0.496 e. The molecule has 0 bridgehead atoms. The van der Waals surface area contributed by atoms with Crippen molar-refractivity contribution in [2.75, 3.05) is 27.1 Å². The summed E-state index contributed by atoms with van der Waals surface area (Å²) >= 11 is 0. The molecule has 2 aromatic carbocycles. The molecule has 152 valence electrons. The van der Waals surface area contributed by atoms with Crippen molar-refractivity contribution in [2.24, 2.45) is 0 Å². The van der Waals surface area contributed by atoms with Crippen molar-refractivity contribution in [1.82, 2.24) is 10.6 Å². The van der Waals surface area contributed by atoms with Crippen molar-refractivity contribution in [2.45, 2.75) is 6.54 Å². The number of benzene rings is 2. The molecule has 2 amide bonds. The van der Waals surface area contributed by atoms with Crippen LogP contribution in [0.1, 0.15) is 15.9 Å². The first-order valence-electron chi connectivity index (χ1n) is 8.79. The molecule has 0 spiro atoms. The topological polar surface area (TPSA) is 112 Å². The monoisotopic (exact) mass is 400 g/mol. The van der Waals surface area contributed by atoms with Crippen LogP contribution in [-0.2, 0) is 20.9 Å². The van der Waals surface area contributed by atoms with Crippen molar-refractivity contribution in [1.29, 1.82) is 0 Å². The average Bonchev–Trinajstić information content (AvgIpc) is 3.22. The number of para-hydroxylation sites is 1. The van der Waals surface area contributed by atoms with Gasteiger partial charge in [-0.25, -0.2) is 0 Å². The molecule has 0 radical (unpaired) electrons. The van der Waals surface area contributed by atoms with Gasteiger partial charge in [-0.05, 0) is 29.8 Å². The van der Waals surface area contributed by atoms with Gasteiger partial charge in [-0.15, -0.1) is 0 Å². The van der Waals surface area contributed by atoms with E-state index in [1.54, 1.807) is 42.5 Å². The lowest BCUT2D eigenvalue weighted by atomic mass is 10.2. The van der Waals surface area contributed by atoms with Crippen LogP contribution in [0, 0.1) is 0 Å². The Hall–Kier alpha value is -3.75. The molecule has 2 aromatic rings. The fourth-order valence-electron chi connectivity index (χ4n) is 2.58. The van der Waals surface area contributed by atoms with E-state index in [4.69, 9.17) is 18.9 Å². The Balaban J connectivity index is 1.37. The van der Waals surface area contributed by atoms with E-state index in [1.807, 2.05) is 0 Å². The van der Waals surface area contributed by atoms with Crippen molar-refractivity contribution < 1.29 is 33.3 Å². The molecule has 1 aliphatic heterocycles. The molecule has 0 aliphatic carbocycles. The summed E-state index contributed by atoms with van der Waals surface area (Å²) in [6.45, 7) is -0.396. The highest BCUT2D eigenvalue weighted by Crippen LogP contribution is 2.32. The van der Waals surface area contributed by atoms with E-state index in [1.165, 1.54) is 7.11 Å². The standard InChI is InChI=1S/C20H20N2O7/c1-26-15-5-3-2-4-14(15)20(25)22-10-19(24)27-11-18(23)21-9-13-6-7-16-17(8-13)29-12-28-16/h2-8H,9-12H2,1H3,(H,21,23)(H,22,25). The Morgan fingerprint density at radius 1 is 1.03 bits per heavy atom. The summed E-state index contributed by atoms with van der Waals surface area (Å²) in [5.41, 5.74) is 1.11. The molecular formula is C20H20N2O7. The minimum atomic E-state index is -0.730. The normalized spacial score (nSPS) is 11.5. The van der Waals surface area contributed by atoms with E-state index in [0.29, 0.717) is 22.8 Å². The van der Waals surface area contributed by atoms with Gasteiger partial charge in [0.2, 0.25) is 6.79 Å². The Labute approximate surface area is 166 Å². The lowest BCUT2D eigenvalue weighted by Gasteiger charge is -2.09. The number of hydrogen-bond acceptors (Lipinski definition) is 7. The third kappa shape index (κ3) is 5.38. The van der Waals surface area contributed by atoms with Gasteiger partial charge >= 0.3 is 5.97 Å². The lowest BCUT2D eigenvalue weighted by molar-refractivity contribution is -0.147. The Kier molecular flexibility index (Phi) is 6.51. The molecule has 1 aliphatic rings. The van der Waals surface area contributed by atoms with Gasteiger partial charge in [0.15, 0.2) is 18.1 Å². The lowest BCUT2D eigenvalue weighted by Crippen LogP contribution is -2.33. The summed E-state index contributed by atoms with van der Waals surface area (Å²) in [6, 6.07) is 11.9. The van der Waals surface area contributed by atoms with Gasteiger partial charge in [0.05, 0.1) is 12.7 Å². The second kappa shape index (κ2) is 9.45. The van der Waals surface area contributed by atoms with E-state index in [-0.39, 0.29) is 19.9 Å². The highest BCUT2D eigenvalue weighted by molar-refractivity contribution is 5.98. The molecule has 0 atom stereocenters. The second-order valence-corrected chi connectivity index (χ2v) is 6.01. The fraction of sp³-hybridized carbons (Fsp3) is 0.250. The summed E-state index contributed by atoms with van der Waals surface area (Å²) in [6.07, 6.45) is 0. The number of rotatable bonds is 8. The minimum Gasteiger partial charge on any atom is -0.496 e. The Morgan fingerprint density at radius 3 is 2.66 bits per heavy atom. The van der Waals surface area contributed by atoms with Crippen LogP contribution in [0.25, 0.3) is 0 Å². The van der Waals surface area contributed by atoms with Crippen LogP contribution in [0.4, 0.5) is 0 Å². The summed E-state index contributed by atoms with van der Waals surface area (Å²) in [7, 11) is 1.45. The maximum absolute atomic E-state index is 12.1. The predicted molar refractivity (Wildman–Crippen MR) is 101 cm³/mol. The van der Waals surface area contributed by atoms with Crippen molar-refractivity contribution >= 4 is 17.8 Å². The summed E-state index contributed by atoms with van der Waals surface area (Å²) in [5.74, 6) is -0.00962. The molecular weight excluding hydrogens is 380 g/mol. The van der Waals surface area contributed by atoms with E-state index in [2.05, 4.69) is 10.6 Å². The van der Waals surface area contributed by atoms with Crippen LogP contribution < -0.4 is 24.8 Å². The van der Waals surface area contributed by atoms with Crippen LogP contribution >= 0.6 is 0 Å². The zero-order valence-corrected chi connectivity index (χ0v) is 15.7. The fourth-order valence-corrected chi connectivity index (χ4v) is 2.58. The molecule has 0 aromatic heterocycles. The van der Waals surface area contributed by atoms with Gasteiger partial charge in [-0.2, -0.15) is 0 Å².